The van der Waals surface area contributed by atoms with Gasteiger partial charge in [-0.1, -0.05) is 18.9 Å². The summed E-state index contributed by atoms with van der Waals surface area (Å²) in [7, 11) is 0. The Morgan fingerprint density at radius 2 is 1.95 bits per heavy atom. The lowest BCUT2D eigenvalue weighted by Crippen LogP contribution is -2.35. The van der Waals surface area contributed by atoms with Crippen LogP contribution in [0.4, 0.5) is 4.39 Å². The van der Waals surface area contributed by atoms with Crippen molar-refractivity contribution in [1.29, 1.82) is 0 Å². The molecule has 3 nitrogen and oxygen atoms in total. The summed E-state index contributed by atoms with van der Waals surface area (Å²) in [6, 6.07) is 4.37. The third kappa shape index (κ3) is 3.94. The topological polar surface area (TPSA) is 29.5 Å². The zero-order valence-electron chi connectivity index (χ0n) is 11.3. The Bertz CT molecular complexity index is 440. The minimum atomic E-state index is -0.345. The highest BCUT2D eigenvalue weighted by Gasteiger charge is 2.16. The fraction of sp³-hybridized carbons (Fsp3) is 0.533. The van der Waals surface area contributed by atoms with Crippen molar-refractivity contribution in [2.45, 2.75) is 32.6 Å². The van der Waals surface area contributed by atoms with Crippen molar-refractivity contribution in [2.24, 2.45) is 0 Å². The standard InChI is InChI=1S/C15H20FNO2/c1-12-6-7-13(16)10-14(12)19-11-15(18)17-8-4-2-3-5-9-17/h6-7,10H,2-5,8-9,11H2,1H3. The summed E-state index contributed by atoms with van der Waals surface area (Å²) in [4.78, 5) is 13.9. The number of hydrogen-bond donors (Lipinski definition) is 0. The molecule has 0 atom stereocenters. The maximum absolute atomic E-state index is 13.1. The summed E-state index contributed by atoms with van der Waals surface area (Å²) in [6.07, 6.45) is 4.50. The molecular formula is C15H20FNO2. The zero-order valence-corrected chi connectivity index (χ0v) is 11.3. The van der Waals surface area contributed by atoms with Crippen LogP contribution in [0.5, 0.6) is 5.75 Å². The number of benzene rings is 1. The van der Waals surface area contributed by atoms with Gasteiger partial charge < -0.3 is 9.64 Å². The zero-order chi connectivity index (χ0) is 13.7. The van der Waals surface area contributed by atoms with E-state index in [9.17, 15) is 9.18 Å². The van der Waals surface area contributed by atoms with Gasteiger partial charge in [0, 0.05) is 19.2 Å². The molecule has 1 aliphatic heterocycles. The maximum Gasteiger partial charge on any atom is 0.260 e. The lowest BCUT2D eigenvalue weighted by molar-refractivity contribution is -0.133. The monoisotopic (exact) mass is 265 g/mol. The van der Waals surface area contributed by atoms with Crippen LogP contribution in [0.1, 0.15) is 31.2 Å². The average Bonchev–Trinajstić information content (AvgIpc) is 2.68. The molecule has 0 bridgehead atoms. The lowest BCUT2D eigenvalue weighted by Gasteiger charge is -2.20. The van der Waals surface area contributed by atoms with Gasteiger partial charge in [0.2, 0.25) is 0 Å². The molecule has 0 radical (unpaired) electrons. The lowest BCUT2D eigenvalue weighted by atomic mass is 10.2. The van der Waals surface area contributed by atoms with Gasteiger partial charge >= 0.3 is 0 Å². The predicted molar refractivity (Wildman–Crippen MR) is 71.7 cm³/mol. The van der Waals surface area contributed by atoms with E-state index in [1.54, 1.807) is 6.07 Å². The Morgan fingerprint density at radius 3 is 2.63 bits per heavy atom. The highest BCUT2D eigenvalue weighted by molar-refractivity contribution is 5.77. The Labute approximate surface area is 113 Å². The largest absolute Gasteiger partial charge is 0.483 e. The molecule has 1 aromatic carbocycles. The second-order valence-electron chi connectivity index (χ2n) is 4.99. The molecule has 1 fully saturated rings. The predicted octanol–water partition coefficient (Wildman–Crippen LogP) is 2.92. The molecule has 0 aliphatic carbocycles. The molecule has 0 N–H and O–H groups in total. The van der Waals surface area contributed by atoms with E-state index in [1.165, 1.54) is 25.0 Å². The van der Waals surface area contributed by atoms with Gasteiger partial charge in [0.05, 0.1) is 0 Å². The molecule has 0 saturated carbocycles. The second kappa shape index (κ2) is 6.55. The first-order valence-corrected chi connectivity index (χ1v) is 6.83. The summed E-state index contributed by atoms with van der Waals surface area (Å²) in [5.74, 6) is 0.0940. The van der Waals surface area contributed by atoms with E-state index in [4.69, 9.17) is 4.74 Å². The van der Waals surface area contributed by atoms with Crippen LogP contribution >= 0.6 is 0 Å². The van der Waals surface area contributed by atoms with Gasteiger partial charge in [-0.25, -0.2) is 4.39 Å². The second-order valence-corrected chi connectivity index (χ2v) is 4.99. The van der Waals surface area contributed by atoms with Crippen LogP contribution in [0, 0.1) is 12.7 Å². The van der Waals surface area contributed by atoms with E-state index in [0.717, 1.165) is 31.5 Å². The maximum atomic E-state index is 13.1. The molecule has 1 aliphatic rings. The van der Waals surface area contributed by atoms with E-state index < -0.39 is 0 Å². The molecule has 0 spiro atoms. The molecule has 19 heavy (non-hydrogen) atoms. The summed E-state index contributed by atoms with van der Waals surface area (Å²) in [6.45, 7) is 3.45. The number of nitrogens with zero attached hydrogens (tertiary/aromatic N) is 1. The Hall–Kier alpha value is -1.58. The van der Waals surface area contributed by atoms with Gasteiger partial charge in [-0.3, -0.25) is 4.79 Å². The molecule has 1 saturated heterocycles. The Balaban J connectivity index is 1.90. The van der Waals surface area contributed by atoms with Gasteiger partial charge in [-0.2, -0.15) is 0 Å². The van der Waals surface area contributed by atoms with Crippen molar-refractivity contribution >= 4 is 5.91 Å². The van der Waals surface area contributed by atoms with Crippen LogP contribution in [0.15, 0.2) is 18.2 Å². The van der Waals surface area contributed by atoms with E-state index in [1.807, 2.05) is 11.8 Å². The molecule has 2 rings (SSSR count). The van der Waals surface area contributed by atoms with E-state index >= 15 is 0 Å². The first-order chi connectivity index (χ1) is 9.16. The van der Waals surface area contributed by atoms with E-state index in [0.29, 0.717) is 5.75 Å². The molecule has 104 valence electrons. The highest BCUT2D eigenvalue weighted by atomic mass is 19.1. The third-order valence-electron chi connectivity index (χ3n) is 3.46. The van der Waals surface area contributed by atoms with Crippen LogP contribution in [-0.4, -0.2) is 30.5 Å². The summed E-state index contributed by atoms with van der Waals surface area (Å²) >= 11 is 0. The number of rotatable bonds is 3. The van der Waals surface area contributed by atoms with Gasteiger partial charge in [-0.15, -0.1) is 0 Å². The van der Waals surface area contributed by atoms with Crippen LogP contribution < -0.4 is 4.74 Å². The van der Waals surface area contributed by atoms with E-state index in [-0.39, 0.29) is 18.3 Å². The Morgan fingerprint density at radius 1 is 1.26 bits per heavy atom. The molecule has 4 heteroatoms. The number of halogens is 1. The number of hydrogen-bond acceptors (Lipinski definition) is 2. The van der Waals surface area contributed by atoms with Crippen molar-refractivity contribution in [3.05, 3.63) is 29.6 Å². The van der Waals surface area contributed by atoms with Crippen molar-refractivity contribution < 1.29 is 13.9 Å². The quantitative estimate of drug-likeness (QED) is 0.841. The number of ether oxygens (including phenoxy) is 1. The van der Waals surface area contributed by atoms with Crippen LogP contribution in [0.3, 0.4) is 0 Å². The summed E-state index contributed by atoms with van der Waals surface area (Å²) in [5.41, 5.74) is 0.838. The first kappa shape index (κ1) is 13.8. The number of carbonyl (C=O) groups is 1. The normalized spacial score (nSPS) is 16.0. The molecule has 0 aromatic heterocycles. The van der Waals surface area contributed by atoms with E-state index in [2.05, 4.69) is 0 Å². The van der Waals surface area contributed by atoms with Crippen LogP contribution in [-0.2, 0) is 4.79 Å². The van der Waals surface area contributed by atoms with Crippen LogP contribution in [0.25, 0.3) is 0 Å². The number of aryl methyl sites for hydroxylation is 1. The van der Waals surface area contributed by atoms with Crippen molar-refractivity contribution in [3.8, 4) is 5.75 Å². The Kier molecular flexibility index (Phi) is 4.77. The minimum Gasteiger partial charge on any atom is -0.483 e. The fourth-order valence-electron chi connectivity index (χ4n) is 2.28. The van der Waals surface area contributed by atoms with Gasteiger partial charge in [0.25, 0.3) is 5.91 Å². The van der Waals surface area contributed by atoms with Crippen molar-refractivity contribution in [2.75, 3.05) is 19.7 Å². The molecular weight excluding hydrogens is 245 g/mol. The van der Waals surface area contributed by atoms with Gasteiger partial charge in [-0.05, 0) is 31.4 Å². The first-order valence-electron chi connectivity index (χ1n) is 6.83. The SMILES string of the molecule is Cc1ccc(F)cc1OCC(=O)N1CCCCCC1. The number of carbonyl (C=O) groups excluding carboxylic acids is 1. The third-order valence-corrected chi connectivity index (χ3v) is 3.46. The number of likely N-dealkylation sites (tertiary alicyclic amines) is 1. The molecule has 1 heterocycles. The van der Waals surface area contributed by atoms with Gasteiger partial charge in [0.1, 0.15) is 11.6 Å². The molecule has 1 amide bonds. The number of amides is 1. The molecule has 0 unspecified atom stereocenters. The van der Waals surface area contributed by atoms with Gasteiger partial charge in [0.15, 0.2) is 6.61 Å². The van der Waals surface area contributed by atoms with Crippen molar-refractivity contribution in [1.82, 2.24) is 4.90 Å². The highest BCUT2D eigenvalue weighted by Crippen LogP contribution is 2.19. The molecule has 1 aromatic rings. The summed E-state index contributed by atoms with van der Waals surface area (Å²) < 4.78 is 18.5. The fourth-order valence-corrected chi connectivity index (χ4v) is 2.28. The van der Waals surface area contributed by atoms with Crippen LogP contribution in [0.2, 0.25) is 0 Å². The minimum absolute atomic E-state index is 0.00874. The summed E-state index contributed by atoms with van der Waals surface area (Å²) in [5, 5.41) is 0. The average molecular weight is 265 g/mol. The smallest absolute Gasteiger partial charge is 0.260 e. The van der Waals surface area contributed by atoms with Crippen molar-refractivity contribution in [3.63, 3.8) is 0 Å².